The molecule has 0 aliphatic rings. The minimum atomic E-state index is -2.79. The van der Waals surface area contributed by atoms with Crippen molar-refractivity contribution in [2.24, 2.45) is 0 Å². The van der Waals surface area contributed by atoms with Crippen molar-refractivity contribution in [3.63, 3.8) is 0 Å². The van der Waals surface area contributed by atoms with Gasteiger partial charge in [0.05, 0.1) is 4.90 Å². The van der Waals surface area contributed by atoms with Crippen LogP contribution in [0.25, 0.3) is 0 Å². The van der Waals surface area contributed by atoms with E-state index in [9.17, 15) is 9.11 Å². The van der Waals surface area contributed by atoms with Crippen molar-refractivity contribution in [2.45, 2.75) is 11.8 Å². The van der Waals surface area contributed by atoms with Crippen LogP contribution in [0.15, 0.2) is 29.2 Å². The summed E-state index contributed by atoms with van der Waals surface area (Å²) in [7, 11) is -1.06. The monoisotopic (exact) mass is 341 g/mol. The van der Waals surface area contributed by atoms with E-state index < -0.39 is 10.8 Å². The molecule has 3 nitrogen and oxygen atoms in total. The van der Waals surface area contributed by atoms with Crippen LogP contribution in [-0.2, 0) is 0 Å². The van der Waals surface area contributed by atoms with Gasteiger partial charge >= 0.3 is 0 Å². The number of rotatable bonds is 4. The van der Waals surface area contributed by atoms with Gasteiger partial charge < -0.3 is 0 Å². The molecule has 0 unspecified atom stereocenters. The molecular formula is C10H16INO2S. The van der Waals surface area contributed by atoms with E-state index in [4.69, 9.17) is 0 Å². The average molecular weight is 341 g/mol. The number of nitrogens with zero attached hydrogens (tertiary/aromatic N) is 1. The molecule has 0 heterocycles. The Kier molecular flexibility index (Phi) is 4.85. The van der Waals surface area contributed by atoms with Gasteiger partial charge in [0.25, 0.3) is 0 Å². The van der Waals surface area contributed by atoms with Crippen LogP contribution < -0.4 is 0 Å². The molecule has 0 saturated carbocycles. The van der Waals surface area contributed by atoms with E-state index in [0.29, 0.717) is 11.4 Å². The summed E-state index contributed by atoms with van der Waals surface area (Å²) in [5.74, 6) is 0. The standard InChI is InChI=1S/C10H16INO2S/c1-9-3-5-10(6-4-9)15(13,14)12(2)8-7-11/h3-6,13-14H,7-8H2,1-2H3. The maximum Gasteiger partial charge on any atom is 0.0752 e. The van der Waals surface area contributed by atoms with E-state index >= 15 is 0 Å². The Morgan fingerprint density at radius 1 is 1.27 bits per heavy atom. The highest BCUT2D eigenvalue weighted by atomic mass is 127. The minimum Gasteiger partial charge on any atom is -0.281 e. The van der Waals surface area contributed by atoms with Crippen LogP contribution in [-0.4, -0.2) is 31.4 Å². The van der Waals surface area contributed by atoms with Crippen molar-refractivity contribution in [1.82, 2.24) is 4.31 Å². The van der Waals surface area contributed by atoms with Gasteiger partial charge in [0.15, 0.2) is 0 Å². The Balaban J connectivity index is 2.89. The highest BCUT2D eigenvalue weighted by Gasteiger charge is 2.20. The summed E-state index contributed by atoms with van der Waals surface area (Å²) in [6, 6.07) is 7.32. The Labute approximate surface area is 106 Å². The third kappa shape index (κ3) is 3.32. The van der Waals surface area contributed by atoms with Gasteiger partial charge in [-0.1, -0.05) is 40.3 Å². The molecule has 15 heavy (non-hydrogen) atoms. The van der Waals surface area contributed by atoms with Gasteiger partial charge in [0, 0.05) is 18.0 Å². The highest BCUT2D eigenvalue weighted by molar-refractivity contribution is 14.1. The number of alkyl halides is 1. The molecule has 86 valence electrons. The van der Waals surface area contributed by atoms with Crippen LogP contribution in [0.3, 0.4) is 0 Å². The van der Waals surface area contributed by atoms with E-state index in [1.807, 2.05) is 19.1 Å². The lowest BCUT2D eigenvalue weighted by Gasteiger charge is -2.40. The second-order valence-electron chi connectivity index (χ2n) is 3.37. The molecule has 0 aliphatic carbocycles. The van der Waals surface area contributed by atoms with Gasteiger partial charge in [-0.25, -0.2) is 4.31 Å². The van der Waals surface area contributed by atoms with E-state index in [-0.39, 0.29) is 0 Å². The van der Waals surface area contributed by atoms with Crippen LogP contribution in [0.2, 0.25) is 0 Å². The molecule has 2 N–H and O–H groups in total. The second kappa shape index (κ2) is 5.49. The molecule has 1 aromatic rings. The van der Waals surface area contributed by atoms with Gasteiger partial charge in [-0.15, -0.1) is 10.8 Å². The lowest BCUT2D eigenvalue weighted by molar-refractivity contribution is 0.395. The van der Waals surface area contributed by atoms with E-state index in [1.54, 1.807) is 23.5 Å². The third-order valence-corrected chi connectivity index (χ3v) is 4.61. The summed E-state index contributed by atoms with van der Waals surface area (Å²) in [5, 5.41) is 0. The number of benzene rings is 1. The van der Waals surface area contributed by atoms with Gasteiger partial charge in [-0.3, -0.25) is 9.11 Å². The fourth-order valence-electron chi connectivity index (χ4n) is 1.15. The van der Waals surface area contributed by atoms with Crippen molar-refractivity contribution in [3.8, 4) is 0 Å². The Bertz CT molecular complexity index is 316. The molecule has 0 aliphatic heterocycles. The van der Waals surface area contributed by atoms with Crippen LogP contribution in [0.1, 0.15) is 5.56 Å². The zero-order chi connectivity index (χ0) is 11.5. The average Bonchev–Trinajstić information content (AvgIpc) is 2.18. The molecule has 0 spiro atoms. The number of hydrogen-bond donors (Lipinski definition) is 2. The summed E-state index contributed by atoms with van der Waals surface area (Å²) in [6.07, 6.45) is 0. The second-order valence-corrected chi connectivity index (χ2v) is 6.58. The normalized spacial score (nSPS) is 13.2. The predicted octanol–water partition coefficient (Wildman–Crippen LogP) is 3.39. The summed E-state index contributed by atoms with van der Waals surface area (Å²) in [6.45, 7) is 2.64. The van der Waals surface area contributed by atoms with Crippen LogP contribution >= 0.6 is 33.4 Å². The Morgan fingerprint density at radius 3 is 2.27 bits per heavy atom. The minimum absolute atomic E-state index is 0.584. The first-order valence-corrected chi connectivity index (χ1v) is 7.63. The van der Waals surface area contributed by atoms with Crippen molar-refractivity contribution >= 4 is 33.4 Å². The summed E-state index contributed by atoms with van der Waals surface area (Å²) in [4.78, 5) is 0.584. The van der Waals surface area contributed by atoms with E-state index in [0.717, 1.165) is 9.99 Å². The van der Waals surface area contributed by atoms with Crippen LogP contribution in [0.5, 0.6) is 0 Å². The molecule has 0 amide bonds. The zero-order valence-corrected chi connectivity index (χ0v) is 11.8. The van der Waals surface area contributed by atoms with Gasteiger partial charge in [0.1, 0.15) is 0 Å². The van der Waals surface area contributed by atoms with Crippen LogP contribution in [0.4, 0.5) is 0 Å². The summed E-state index contributed by atoms with van der Waals surface area (Å²) in [5.41, 5.74) is 1.12. The van der Waals surface area contributed by atoms with Gasteiger partial charge in [-0.05, 0) is 19.1 Å². The Hall–Kier alpha value is 0.180. The third-order valence-electron chi connectivity index (χ3n) is 2.17. The molecule has 0 bridgehead atoms. The van der Waals surface area contributed by atoms with E-state index in [2.05, 4.69) is 22.6 Å². The first-order chi connectivity index (χ1) is 6.98. The molecule has 0 aromatic heterocycles. The largest absolute Gasteiger partial charge is 0.281 e. The molecule has 1 aromatic carbocycles. The lowest BCUT2D eigenvalue weighted by Crippen LogP contribution is -2.25. The van der Waals surface area contributed by atoms with Crippen molar-refractivity contribution in [2.75, 3.05) is 18.0 Å². The quantitative estimate of drug-likeness (QED) is 0.652. The maximum absolute atomic E-state index is 10.0. The summed E-state index contributed by atoms with van der Waals surface area (Å²) >= 11 is 2.22. The molecule has 1 rings (SSSR count). The lowest BCUT2D eigenvalue weighted by atomic mass is 10.2. The number of aryl methyl sites for hydroxylation is 1. The molecular weight excluding hydrogens is 325 g/mol. The predicted molar refractivity (Wildman–Crippen MR) is 73.8 cm³/mol. The topological polar surface area (TPSA) is 43.7 Å². The summed E-state index contributed by atoms with van der Waals surface area (Å²) < 4.78 is 22.5. The van der Waals surface area contributed by atoms with Crippen molar-refractivity contribution in [1.29, 1.82) is 0 Å². The molecule has 0 atom stereocenters. The molecule has 5 heteroatoms. The fourth-order valence-corrected chi connectivity index (χ4v) is 3.41. The first-order valence-electron chi connectivity index (χ1n) is 4.60. The zero-order valence-electron chi connectivity index (χ0n) is 8.85. The Morgan fingerprint density at radius 2 is 1.80 bits per heavy atom. The van der Waals surface area contributed by atoms with Crippen molar-refractivity contribution < 1.29 is 9.11 Å². The highest BCUT2D eigenvalue weighted by Crippen LogP contribution is 2.50. The first kappa shape index (κ1) is 13.2. The van der Waals surface area contributed by atoms with Crippen molar-refractivity contribution in [3.05, 3.63) is 29.8 Å². The van der Waals surface area contributed by atoms with Gasteiger partial charge in [0.2, 0.25) is 0 Å². The molecule has 0 saturated heterocycles. The number of halogens is 1. The number of hydrogen-bond acceptors (Lipinski definition) is 3. The van der Waals surface area contributed by atoms with Gasteiger partial charge in [-0.2, -0.15) is 0 Å². The molecule has 0 fully saturated rings. The van der Waals surface area contributed by atoms with Crippen LogP contribution in [0, 0.1) is 6.92 Å². The SMILES string of the molecule is Cc1ccc(S(O)(O)N(C)CCI)cc1. The molecule has 0 radical (unpaired) electrons. The maximum atomic E-state index is 10.0. The fraction of sp³-hybridized carbons (Fsp3) is 0.400. The van der Waals surface area contributed by atoms with E-state index in [1.165, 1.54) is 0 Å². The smallest absolute Gasteiger partial charge is 0.0752 e.